The Bertz CT molecular complexity index is 802. The van der Waals surface area contributed by atoms with Crippen molar-refractivity contribution in [1.29, 1.82) is 0 Å². The van der Waals surface area contributed by atoms with Gasteiger partial charge in [-0.25, -0.2) is 4.79 Å². The minimum atomic E-state index is -0.423. The van der Waals surface area contributed by atoms with Crippen LogP contribution in [0.2, 0.25) is 0 Å². The van der Waals surface area contributed by atoms with Gasteiger partial charge in [0.15, 0.2) is 0 Å². The molecule has 0 radical (unpaired) electrons. The van der Waals surface area contributed by atoms with Gasteiger partial charge in [-0.05, 0) is 54.7 Å². The number of nitrogens with zero attached hydrogens (tertiary/aromatic N) is 1. The van der Waals surface area contributed by atoms with Crippen LogP contribution >= 0.6 is 11.3 Å². The van der Waals surface area contributed by atoms with Crippen LogP contribution in [0.15, 0.2) is 41.8 Å². The summed E-state index contributed by atoms with van der Waals surface area (Å²) in [6.07, 6.45) is 5.61. The quantitative estimate of drug-likeness (QED) is 0.801. The average molecular weight is 384 g/mol. The van der Waals surface area contributed by atoms with Gasteiger partial charge in [0.25, 0.3) is 0 Å². The number of hydrogen-bond donors (Lipinski definition) is 2. The molecule has 3 amide bonds. The number of amides is 3. The predicted molar refractivity (Wildman–Crippen MR) is 107 cm³/mol. The fourth-order valence-corrected chi connectivity index (χ4v) is 4.57. The Morgan fingerprint density at radius 2 is 1.96 bits per heavy atom. The molecule has 2 aliphatic rings. The number of aryl methyl sites for hydroxylation is 1. The predicted octanol–water partition coefficient (Wildman–Crippen LogP) is 3.62. The lowest BCUT2D eigenvalue weighted by atomic mass is 9.86. The summed E-state index contributed by atoms with van der Waals surface area (Å²) >= 11 is 1.58. The van der Waals surface area contributed by atoms with Gasteiger partial charge in [0, 0.05) is 17.0 Å². The number of thiophene rings is 1. The Hall–Kier alpha value is -2.18. The Morgan fingerprint density at radius 1 is 1.11 bits per heavy atom. The fraction of sp³-hybridized carbons (Fsp3) is 0.429. The minimum absolute atomic E-state index is 0.228. The molecule has 2 aromatic rings. The zero-order valence-electron chi connectivity index (χ0n) is 15.3. The minimum Gasteiger partial charge on any atom is -0.333 e. The van der Waals surface area contributed by atoms with E-state index in [9.17, 15) is 9.59 Å². The van der Waals surface area contributed by atoms with E-state index in [1.54, 1.807) is 11.3 Å². The Morgan fingerprint density at radius 3 is 2.74 bits per heavy atom. The third kappa shape index (κ3) is 4.57. The second-order valence-electron chi connectivity index (χ2n) is 7.32. The SMILES string of the molecule is O=C(CN(C1CC1)C1CCCc2ccccc21)NC(=O)NCc1cccs1. The van der Waals surface area contributed by atoms with Crippen molar-refractivity contribution in [2.24, 2.45) is 0 Å². The molecule has 5 nitrogen and oxygen atoms in total. The maximum absolute atomic E-state index is 12.5. The van der Waals surface area contributed by atoms with Gasteiger partial charge in [0.2, 0.25) is 5.91 Å². The van der Waals surface area contributed by atoms with Crippen molar-refractivity contribution >= 4 is 23.3 Å². The molecule has 142 valence electrons. The molecule has 1 atom stereocenters. The fourth-order valence-electron chi connectivity index (χ4n) is 3.93. The van der Waals surface area contributed by atoms with Crippen molar-refractivity contribution in [3.05, 3.63) is 57.8 Å². The van der Waals surface area contributed by atoms with Crippen LogP contribution in [0.5, 0.6) is 0 Å². The second kappa shape index (κ2) is 8.23. The van der Waals surface area contributed by atoms with Crippen LogP contribution in [-0.2, 0) is 17.8 Å². The summed E-state index contributed by atoms with van der Waals surface area (Å²) < 4.78 is 0. The monoisotopic (exact) mass is 383 g/mol. The number of nitrogens with one attached hydrogen (secondary N) is 2. The molecule has 4 rings (SSSR count). The lowest BCUT2D eigenvalue weighted by Gasteiger charge is -2.35. The molecule has 1 aromatic carbocycles. The molecule has 6 heteroatoms. The molecule has 27 heavy (non-hydrogen) atoms. The first kappa shape index (κ1) is 18.2. The van der Waals surface area contributed by atoms with Crippen molar-refractivity contribution in [3.63, 3.8) is 0 Å². The standard InChI is InChI=1S/C21H25N3O2S/c25-20(23-21(26)22-13-17-7-4-12-27-17)14-24(16-10-11-16)19-9-3-6-15-5-1-2-8-18(15)19/h1-2,4-5,7-8,12,16,19H,3,6,9-11,13-14H2,(H2,22,23,25,26). The van der Waals surface area contributed by atoms with Crippen LogP contribution < -0.4 is 10.6 Å². The molecule has 0 spiro atoms. The van der Waals surface area contributed by atoms with Crippen molar-refractivity contribution in [2.75, 3.05) is 6.54 Å². The van der Waals surface area contributed by atoms with Crippen molar-refractivity contribution in [1.82, 2.24) is 15.5 Å². The zero-order valence-corrected chi connectivity index (χ0v) is 16.1. The van der Waals surface area contributed by atoms with E-state index >= 15 is 0 Å². The maximum Gasteiger partial charge on any atom is 0.321 e. The molecule has 0 bridgehead atoms. The summed E-state index contributed by atoms with van der Waals surface area (Å²) in [4.78, 5) is 27.9. The third-order valence-corrected chi connectivity index (χ3v) is 6.21. The van der Waals surface area contributed by atoms with E-state index in [2.05, 4.69) is 39.8 Å². The summed E-state index contributed by atoms with van der Waals surface area (Å²) in [5.74, 6) is -0.228. The number of imide groups is 1. The summed E-state index contributed by atoms with van der Waals surface area (Å²) in [6, 6.07) is 12.8. The molecule has 2 aliphatic carbocycles. The molecule has 1 saturated carbocycles. The van der Waals surface area contributed by atoms with Crippen LogP contribution in [0.1, 0.15) is 47.7 Å². The van der Waals surface area contributed by atoms with Crippen LogP contribution in [0.25, 0.3) is 0 Å². The Labute approximate surface area is 163 Å². The number of benzene rings is 1. The summed E-state index contributed by atoms with van der Waals surface area (Å²) in [5, 5.41) is 7.21. The molecule has 1 aromatic heterocycles. The zero-order chi connectivity index (χ0) is 18.6. The van der Waals surface area contributed by atoms with Gasteiger partial charge in [-0.1, -0.05) is 30.3 Å². The normalized spacial score (nSPS) is 18.8. The molecule has 1 unspecified atom stereocenters. The van der Waals surface area contributed by atoms with Gasteiger partial charge in [-0.3, -0.25) is 15.0 Å². The molecule has 1 fully saturated rings. The number of hydrogen-bond acceptors (Lipinski definition) is 4. The van der Waals surface area contributed by atoms with Gasteiger partial charge in [-0.15, -0.1) is 11.3 Å². The second-order valence-corrected chi connectivity index (χ2v) is 8.35. The molecule has 2 N–H and O–H groups in total. The van der Waals surface area contributed by atoms with Gasteiger partial charge in [0.1, 0.15) is 0 Å². The van der Waals surface area contributed by atoms with Crippen LogP contribution in [0.4, 0.5) is 4.79 Å². The number of fused-ring (bicyclic) bond motifs is 1. The lowest BCUT2D eigenvalue weighted by Crippen LogP contribution is -2.46. The third-order valence-electron chi connectivity index (χ3n) is 5.34. The van der Waals surface area contributed by atoms with E-state index in [1.807, 2.05) is 17.5 Å². The highest BCUT2D eigenvalue weighted by atomic mass is 32.1. The largest absolute Gasteiger partial charge is 0.333 e. The van der Waals surface area contributed by atoms with E-state index in [4.69, 9.17) is 0 Å². The molecular weight excluding hydrogens is 358 g/mol. The molecule has 1 heterocycles. The van der Waals surface area contributed by atoms with Crippen molar-refractivity contribution in [2.45, 2.75) is 50.7 Å². The van der Waals surface area contributed by atoms with Crippen LogP contribution in [-0.4, -0.2) is 29.4 Å². The Balaban J connectivity index is 1.36. The van der Waals surface area contributed by atoms with Crippen molar-refractivity contribution < 1.29 is 9.59 Å². The van der Waals surface area contributed by atoms with Crippen LogP contribution in [0.3, 0.4) is 0 Å². The first-order chi connectivity index (χ1) is 13.2. The van der Waals surface area contributed by atoms with E-state index in [1.165, 1.54) is 11.1 Å². The van der Waals surface area contributed by atoms with Gasteiger partial charge in [-0.2, -0.15) is 0 Å². The molecule has 0 aliphatic heterocycles. The highest BCUT2D eigenvalue weighted by molar-refractivity contribution is 7.09. The first-order valence-corrected chi connectivity index (χ1v) is 10.5. The average Bonchev–Trinajstić information content (AvgIpc) is 3.39. The number of rotatable bonds is 6. The van der Waals surface area contributed by atoms with E-state index in [-0.39, 0.29) is 18.5 Å². The molecule has 0 saturated heterocycles. The topological polar surface area (TPSA) is 61.4 Å². The van der Waals surface area contributed by atoms with Gasteiger partial charge >= 0.3 is 6.03 Å². The number of carbonyl (C=O) groups is 2. The highest BCUT2D eigenvalue weighted by Crippen LogP contribution is 2.40. The van der Waals surface area contributed by atoms with E-state index in [0.29, 0.717) is 12.6 Å². The molecular formula is C21H25N3O2S. The maximum atomic E-state index is 12.5. The number of urea groups is 1. The summed E-state index contributed by atoms with van der Waals surface area (Å²) in [5.41, 5.74) is 2.75. The highest BCUT2D eigenvalue weighted by Gasteiger charge is 2.37. The van der Waals surface area contributed by atoms with Crippen LogP contribution in [0, 0.1) is 0 Å². The number of carbonyl (C=O) groups excluding carboxylic acids is 2. The summed E-state index contributed by atoms with van der Waals surface area (Å²) in [7, 11) is 0. The first-order valence-electron chi connectivity index (χ1n) is 9.64. The van der Waals surface area contributed by atoms with Gasteiger partial charge in [0.05, 0.1) is 13.1 Å². The van der Waals surface area contributed by atoms with Crippen molar-refractivity contribution in [3.8, 4) is 0 Å². The van der Waals surface area contributed by atoms with E-state index in [0.717, 1.165) is 37.0 Å². The summed E-state index contributed by atoms with van der Waals surface area (Å²) in [6.45, 7) is 0.717. The smallest absolute Gasteiger partial charge is 0.321 e. The Kier molecular flexibility index (Phi) is 5.55. The van der Waals surface area contributed by atoms with E-state index < -0.39 is 6.03 Å². The van der Waals surface area contributed by atoms with Gasteiger partial charge < -0.3 is 5.32 Å². The lowest BCUT2D eigenvalue weighted by molar-refractivity contribution is -0.122.